The first-order chi connectivity index (χ1) is 17.3. The lowest BCUT2D eigenvalue weighted by atomic mass is 10.0. The zero-order chi connectivity index (χ0) is 25.4. The largest absolute Gasteiger partial charge is 0.434 e. The number of rotatable bonds is 8. The second-order valence-electron chi connectivity index (χ2n) is 8.69. The predicted octanol–water partition coefficient (Wildman–Crippen LogP) is 3.41. The lowest BCUT2D eigenvalue weighted by molar-refractivity contribution is -0.129. The molecular formula is C24H23F2N7O3. The van der Waals surface area contributed by atoms with Crippen molar-refractivity contribution in [3.05, 3.63) is 60.2 Å². The van der Waals surface area contributed by atoms with Crippen LogP contribution < -0.4 is 10.1 Å². The topological polar surface area (TPSA) is 107 Å². The molecule has 4 aromatic rings. The highest BCUT2D eigenvalue weighted by molar-refractivity contribution is 6.09. The molecule has 0 bridgehead atoms. The Morgan fingerprint density at radius 1 is 1.28 bits per heavy atom. The number of hydrogen-bond donors (Lipinski definition) is 1. The van der Waals surface area contributed by atoms with Gasteiger partial charge in [-0.1, -0.05) is 6.07 Å². The number of likely N-dealkylation sites (N-methyl/N-ethyl adjacent to an activating group) is 1. The summed E-state index contributed by atoms with van der Waals surface area (Å²) < 4.78 is 34.0. The summed E-state index contributed by atoms with van der Waals surface area (Å²) in [7, 11) is 3.22. The van der Waals surface area contributed by atoms with E-state index in [1.54, 1.807) is 44.7 Å². The Labute approximate surface area is 204 Å². The highest BCUT2D eigenvalue weighted by Crippen LogP contribution is 2.44. The first-order valence-electron chi connectivity index (χ1n) is 11.3. The number of fused-ring (bicyclic) bond motifs is 1. The van der Waals surface area contributed by atoms with Crippen LogP contribution in [0.3, 0.4) is 0 Å². The van der Waals surface area contributed by atoms with Crippen molar-refractivity contribution < 1.29 is 23.1 Å². The molecule has 0 saturated heterocycles. The number of carbonyl (C=O) groups excluding carboxylic acids is 2. The zero-order valence-electron chi connectivity index (χ0n) is 19.6. The van der Waals surface area contributed by atoms with E-state index in [2.05, 4.69) is 20.5 Å². The Morgan fingerprint density at radius 3 is 2.81 bits per heavy atom. The number of benzene rings is 1. The Bertz CT molecular complexity index is 1440. The van der Waals surface area contributed by atoms with Gasteiger partial charge < -0.3 is 15.0 Å². The van der Waals surface area contributed by atoms with Gasteiger partial charge in [0.2, 0.25) is 5.91 Å². The Hall–Kier alpha value is -4.35. The van der Waals surface area contributed by atoms with Crippen molar-refractivity contribution in [1.82, 2.24) is 29.3 Å². The summed E-state index contributed by atoms with van der Waals surface area (Å²) >= 11 is 0. The van der Waals surface area contributed by atoms with Gasteiger partial charge in [0.05, 0.1) is 11.9 Å². The molecule has 3 aromatic heterocycles. The van der Waals surface area contributed by atoms with Gasteiger partial charge in [0.15, 0.2) is 5.65 Å². The van der Waals surface area contributed by atoms with Crippen LogP contribution in [0, 0.1) is 0 Å². The quantitative estimate of drug-likeness (QED) is 0.402. The molecule has 0 aliphatic heterocycles. The molecule has 1 aliphatic carbocycles. The van der Waals surface area contributed by atoms with Gasteiger partial charge in [-0.25, -0.2) is 9.50 Å². The molecule has 12 heteroatoms. The number of halogens is 2. The molecule has 0 spiro atoms. The minimum atomic E-state index is -3.05. The molecule has 1 fully saturated rings. The first kappa shape index (κ1) is 23.4. The predicted molar refractivity (Wildman–Crippen MR) is 126 cm³/mol. The van der Waals surface area contributed by atoms with Crippen LogP contribution in [0.5, 0.6) is 5.75 Å². The van der Waals surface area contributed by atoms with Crippen molar-refractivity contribution in [3.8, 4) is 17.0 Å². The number of carbonyl (C=O) groups is 2. The van der Waals surface area contributed by atoms with Crippen LogP contribution >= 0.6 is 0 Å². The van der Waals surface area contributed by atoms with Crippen molar-refractivity contribution in [2.75, 3.05) is 19.4 Å². The monoisotopic (exact) mass is 495 g/mol. The fraction of sp³-hybridized carbons (Fsp3) is 0.292. The molecule has 0 radical (unpaired) electrons. The van der Waals surface area contributed by atoms with Gasteiger partial charge >= 0.3 is 6.61 Å². The normalized spacial score (nSPS) is 13.2. The third-order valence-corrected chi connectivity index (χ3v) is 5.85. The number of hydrogen-bond acceptors (Lipinski definition) is 6. The summed E-state index contributed by atoms with van der Waals surface area (Å²) in [6.07, 6.45) is 8.09. The number of nitrogens with one attached hydrogen (secondary N) is 1. The molecule has 1 aliphatic rings. The standard InChI is InChI=1S/C24H23F2N7O3/c1-31(2)20(34)13-32-12-18(29-23(35)17-11-28-33-9-3-8-27-22(17)33)21(30-32)16-10-15(14-4-5-14)6-7-19(16)36-24(25)26/h3,6-12,14,24H,4-5,13H2,1-2H3,(H,29,35). The van der Waals surface area contributed by atoms with E-state index in [1.807, 2.05) is 0 Å². The fourth-order valence-corrected chi connectivity index (χ4v) is 3.85. The molecule has 1 saturated carbocycles. The first-order valence-corrected chi connectivity index (χ1v) is 11.3. The molecule has 5 rings (SSSR count). The van der Waals surface area contributed by atoms with Gasteiger partial charge in [-0.05, 0) is 42.5 Å². The van der Waals surface area contributed by atoms with E-state index in [4.69, 9.17) is 4.74 Å². The van der Waals surface area contributed by atoms with Gasteiger partial charge in [0.25, 0.3) is 5.91 Å². The van der Waals surface area contributed by atoms with Crippen molar-refractivity contribution in [2.24, 2.45) is 0 Å². The summed E-state index contributed by atoms with van der Waals surface area (Å²) in [6, 6.07) is 6.68. The number of anilines is 1. The van der Waals surface area contributed by atoms with E-state index in [9.17, 15) is 18.4 Å². The minimum Gasteiger partial charge on any atom is -0.434 e. The molecule has 0 unspecified atom stereocenters. The van der Waals surface area contributed by atoms with Gasteiger partial charge in [-0.15, -0.1) is 0 Å². The third-order valence-electron chi connectivity index (χ3n) is 5.85. The fourth-order valence-electron chi connectivity index (χ4n) is 3.85. The number of alkyl halides is 2. The summed E-state index contributed by atoms with van der Waals surface area (Å²) in [5.41, 5.74) is 2.27. The molecule has 10 nitrogen and oxygen atoms in total. The van der Waals surface area contributed by atoms with E-state index >= 15 is 0 Å². The van der Waals surface area contributed by atoms with Crippen molar-refractivity contribution in [1.29, 1.82) is 0 Å². The van der Waals surface area contributed by atoms with Crippen LogP contribution in [-0.4, -0.2) is 61.8 Å². The lowest BCUT2D eigenvalue weighted by Crippen LogP contribution is -2.26. The molecule has 1 aromatic carbocycles. The Kier molecular flexibility index (Phi) is 6.08. The van der Waals surface area contributed by atoms with Crippen LogP contribution in [0.15, 0.2) is 49.1 Å². The maximum Gasteiger partial charge on any atom is 0.387 e. The van der Waals surface area contributed by atoms with Crippen LogP contribution in [0.25, 0.3) is 16.9 Å². The summed E-state index contributed by atoms with van der Waals surface area (Å²) in [5.74, 6) is -0.487. The average molecular weight is 495 g/mol. The van der Waals surface area contributed by atoms with Gasteiger partial charge in [-0.3, -0.25) is 14.3 Å². The van der Waals surface area contributed by atoms with Crippen molar-refractivity contribution in [2.45, 2.75) is 31.9 Å². The lowest BCUT2D eigenvalue weighted by Gasteiger charge is -2.13. The summed E-state index contributed by atoms with van der Waals surface area (Å²) in [5, 5.41) is 11.4. The van der Waals surface area contributed by atoms with Gasteiger partial charge in [0.1, 0.15) is 23.6 Å². The number of nitrogens with zero attached hydrogens (tertiary/aromatic N) is 6. The number of aromatic nitrogens is 5. The van der Waals surface area contributed by atoms with Gasteiger partial charge in [0, 0.05) is 38.2 Å². The highest BCUT2D eigenvalue weighted by atomic mass is 19.3. The summed E-state index contributed by atoms with van der Waals surface area (Å²) in [4.78, 5) is 31.1. The van der Waals surface area contributed by atoms with Gasteiger partial charge in [-0.2, -0.15) is 19.0 Å². The average Bonchev–Trinajstić information content (AvgIpc) is 3.48. The van der Waals surface area contributed by atoms with E-state index in [0.717, 1.165) is 18.4 Å². The maximum atomic E-state index is 13.2. The highest BCUT2D eigenvalue weighted by Gasteiger charge is 2.27. The minimum absolute atomic E-state index is 0.0771. The molecule has 2 amide bonds. The van der Waals surface area contributed by atoms with Crippen LogP contribution in [0.4, 0.5) is 14.5 Å². The smallest absolute Gasteiger partial charge is 0.387 e. The number of ether oxygens (including phenoxy) is 1. The molecule has 36 heavy (non-hydrogen) atoms. The second-order valence-corrected chi connectivity index (χ2v) is 8.69. The SMILES string of the molecule is CN(C)C(=O)Cn1cc(NC(=O)c2cnn3cccnc23)c(-c2cc(C3CC3)ccc2OC(F)F)n1. The molecular weight excluding hydrogens is 472 g/mol. The van der Waals surface area contributed by atoms with Crippen molar-refractivity contribution >= 4 is 23.1 Å². The Balaban J connectivity index is 1.57. The van der Waals surface area contributed by atoms with E-state index in [0.29, 0.717) is 17.1 Å². The van der Waals surface area contributed by atoms with Crippen molar-refractivity contribution in [3.63, 3.8) is 0 Å². The van der Waals surface area contributed by atoms with Crippen LogP contribution in [0.1, 0.15) is 34.7 Å². The third kappa shape index (κ3) is 4.74. The Morgan fingerprint density at radius 2 is 2.08 bits per heavy atom. The second kappa shape index (κ2) is 9.36. The van der Waals surface area contributed by atoms with E-state index in [1.165, 1.54) is 32.6 Å². The van der Waals surface area contributed by atoms with Crippen LogP contribution in [0.2, 0.25) is 0 Å². The molecule has 0 atom stereocenters. The summed E-state index contributed by atoms with van der Waals surface area (Å²) in [6.45, 7) is -3.16. The van der Waals surface area contributed by atoms with Crippen LogP contribution in [-0.2, 0) is 11.3 Å². The maximum absolute atomic E-state index is 13.2. The zero-order valence-corrected chi connectivity index (χ0v) is 19.6. The molecule has 186 valence electrons. The number of amides is 2. The van der Waals surface area contributed by atoms with E-state index in [-0.39, 0.29) is 35.1 Å². The molecule has 1 N–H and O–H groups in total. The van der Waals surface area contributed by atoms with E-state index < -0.39 is 12.5 Å². The molecule has 3 heterocycles.